The summed E-state index contributed by atoms with van der Waals surface area (Å²) in [6.07, 6.45) is 3.90. The Labute approximate surface area is 114 Å². The summed E-state index contributed by atoms with van der Waals surface area (Å²) in [5, 5.41) is 0. The highest BCUT2D eigenvalue weighted by Gasteiger charge is 2.22. The van der Waals surface area contributed by atoms with Crippen LogP contribution in [0.15, 0.2) is 18.3 Å². The summed E-state index contributed by atoms with van der Waals surface area (Å²) in [5.74, 6) is 0.512. The number of carbonyl (C=O) groups is 1. The first-order chi connectivity index (χ1) is 9.11. The van der Waals surface area contributed by atoms with Crippen LogP contribution >= 0.6 is 0 Å². The van der Waals surface area contributed by atoms with Crippen molar-refractivity contribution in [3.8, 4) is 0 Å². The van der Waals surface area contributed by atoms with Crippen LogP contribution < -0.4 is 4.90 Å². The highest BCUT2D eigenvalue weighted by molar-refractivity contribution is 5.90. The first-order valence-electron chi connectivity index (χ1n) is 6.57. The number of carbonyl (C=O) groups excluding carboxylic acids is 1. The van der Waals surface area contributed by atoms with Gasteiger partial charge in [0.25, 0.3) is 0 Å². The molecule has 0 atom stereocenters. The smallest absolute Gasteiger partial charge is 0.338 e. The van der Waals surface area contributed by atoms with Crippen molar-refractivity contribution in [2.45, 2.75) is 18.9 Å². The summed E-state index contributed by atoms with van der Waals surface area (Å²) in [6, 6.07) is 3.96. The molecule has 5 heteroatoms. The maximum absolute atomic E-state index is 11.5. The summed E-state index contributed by atoms with van der Waals surface area (Å²) in [4.78, 5) is 20.4. The van der Waals surface area contributed by atoms with Crippen LogP contribution in [0.1, 0.15) is 23.2 Å². The number of rotatable bonds is 3. The van der Waals surface area contributed by atoms with Crippen LogP contribution in [0.25, 0.3) is 0 Å². The van der Waals surface area contributed by atoms with Crippen molar-refractivity contribution in [2.75, 3.05) is 39.2 Å². The van der Waals surface area contributed by atoms with E-state index in [0.717, 1.165) is 31.7 Å². The van der Waals surface area contributed by atoms with E-state index in [9.17, 15) is 4.79 Å². The van der Waals surface area contributed by atoms with Crippen LogP contribution in [-0.2, 0) is 4.74 Å². The van der Waals surface area contributed by atoms with Gasteiger partial charge in [-0.15, -0.1) is 0 Å². The average molecular weight is 263 g/mol. The highest BCUT2D eigenvalue weighted by Crippen LogP contribution is 2.20. The van der Waals surface area contributed by atoms with Crippen LogP contribution in [0, 0.1) is 0 Å². The van der Waals surface area contributed by atoms with Crippen LogP contribution in [0.5, 0.6) is 0 Å². The SMILES string of the molecule is COC(=O)c1ccnc(N(C)C2CCN(C)CC2)c1. The number of anilines is 1. The third kappa shape index (κ3) is 3.23. The van der Waals surface area contributed by atoms with E-state index in [2.05, 4.69) is 21.8 Å². The molecular formula is C14H21N3O2. The molecule has 1 aliphatic rings. The molecule has 0 unspecified atom stereocenters. The number of hydrogen-bond donors (Lipinski definition) is 0. The van der Waals surface area contributed by atoms with Crippen LogP contribution in [0.4, 0.5) is 5.82 Å². The first kappa shape index (κ1) is 13.8. The lowest BCUT2D eigenvalue weighted by Crippen LogP contribution is -2.42. The van der Waals surface area contributed by atoms with Crippen molar-refractivity contribution in [3.05, 3.63) is 23.9 Å². The number of nitrogens with zero attached hydrogens (tertiary/aromatic N) is 3. The number of likely N-dealkylation sites (tertiary alicyclic amines) is 1. The second kappa shape index (κ2) is 6.02. The third-order valence-corrected chi connectivity index (χ3v) is 3.76. The minimum atomic E-state index is -0.319. The van der Waals surface area contributed by atoms with Crippen LogP contribution in [0.2, 0.25) is 0 Å². The molecule has 1 saturated heterocycles. The molecule has 0 bridgehead atoms. The maximum Gasteiger partial charge on any atom is 0.338 e. The Hall–Kier alpha value is -1.62. The fourth-order valence-corrected chi connectivity index (χ4v) is 2.43. The van der Waals surface area contributed by atoms with Crippen molar-refractivity contribution < 1.29 is 9.53 Å². The molecule has 0 saturated carbocycles. The van der Waals surface area contributed by atoms with Gasteiger partial charge in [0.15, 0.2) is 0 Å². The van der Waals surface area contributed by atoms with E-state index < -0.39 is 0 Å². The zero-order chi connectivity index (χ0) is 13.8. The molecule has 1 aromatic heterocycles. The lowest BCUT2D eigenvalue weighted by atomic mass is 10.0. The van der Waals surface area contributed by atoms with Crippen LogP contribution in [0.3, 0.4) is 0 Å². The van der Waals surface area contributed by atoms with Gasteiger partial charge in [-0.25, -0.2) is 9.78 Å². The minimum Gasteiger partial charge on any atom is -0.465 e. The van der Waals surface area contributed by atoms with Crippen molar-refractivity contribution >= 4 is 11.8 Å². The van der Waals surface area contributed by atoms with Gasteiger partial charge in [-0.2, -0.15) is 0 Å². The average Bonchev–Trinajstić information content (AvgIpc) is 2.46. The molecule has 0 aliphatic carbocycles. The molecule has 0 aromatic carbocycles. The van der Waals surface area contributed by atoms with E-state index in [0.29, 0.717) is 11.6 Å². The summed E-state index contributed by atoms with van der Waals surface area (Å²) in [5.41, 5.74) is 0.548. The Morgan fingerprint density at radius 3 is 2.79 bits per heavy atom. The monoisotopic (exact) mass is 263 g/mol. The van der Waals surface area contributed by atoms with E-state index in [1.165, 1.54) is 7.11 Å². The number of esters is 1. The molecule has 1 aliphatic heterocycles. The molecule has 0 N–H and O–H groups in total. The van der Waals surface area contributed by atoms with Crippen molar-refractivity contribution in [1.29, 1.82) is 0 Å². The summed E-state index contributed by atoms with van der Waals surface area (Å²) >= 11 is 0. The van der Waals surface area contributed by atoms with Gasteiger partial charge < -0.3 is 14.5 Å². The van der Waals surface area contributed by atoms with Gasteiger partial charge in [0.1, 0.15) is 5.82 Å². The third-order valence-electron chi connectivity index (χ3n) is 3.76. The van der Waals surface area contributed by atoms with Crippen molar-refractivity contribution in [2.24, 2.45) is 0 Å². The van der Waals surface area contributed by atoms with E-state index in [-0.39, 0.29) is 5.97 Å². The van der Waals surface area contributed by atoms with Gasteiger partial charge in [-0.3, -0.25) is 0 Å². The van der Waals surface area contributed by atoms with E-state index in [1.54, 1.807) is 18.3 Å². The molecule has 104 valence electrons. The largest absolute Gasteiger partial charge is 0.465 e. The second-order valence-corrected chi connectivity index (χ2v) is 5.04. The van der Waals surface area contributed by atoms with Gasteiger partial charge in [-0.1, -0.05) is 0 Å². The summed E-state index contributed by atoms with van der Waals surface area (Å²) in [6.45, 7) is 2.21. The van der Waals surface area contributed by atoms with Gasteiger partial charge in [0.05, 0.1) is 12.7 Å². The fraction of sp³-hybridized carbons (Fsp3) is 0.571. The Bertz CT molecular complexity index is 442. The Morgan fingerprint density at radius 2 is 2.16 bits per heavy atom. The molecule has 1 aromatic rings. The Kier molecular flexibility index (Phi) is 4.37. The van der Waals surface area contributed by atoms with E-state index >= 15 is 0 Å². The normalized spacial score (nSPS) is 17.2. The molecule has 5 nitrogen and oxygen atoms in total. The number of methoxy groups -OCH3 is 1. The number of pyridine rings is 1. The molecule has 0 amide bonds. The molecule has 0 spiro atoms. The molecular weight excluding hydrogens is 242 g/mol. The first-order valence-corrected chi connectivity index (χ1v) is 6.57. The molecule has 1 fully saturated rings. The standard InChI is InChI=1S/C14H21N3O2/c1-16-8-5-12(6-9-16)17(2)13-10-11(4-7-15-13)14(18)19-3/h4,7,10,12H,5-6,8-9H2,1-3H3. The van der Waals surface area contributed by atoms with Gasteiger partial charge in [-0.05, 0) is 45.1 Å². The number of ether oxygens (including phenoxy) is 1. The van der Waals surface area contributed by atoms with Gasteiger partial charge in [0.2, 0.25) is 0 Å². The maximum atomic E-state index is 11.5. The zero-order valence-electron chi connectivity index (χ0n) is 11.8. The quantitative estimate of drug-likeness (QED) is 0.771. The number of hydrogen-bond acceptors (Lipinski definition) is 5. The number of aromatic nitrogens is 1. The zero-order valence-corrected chi connectivity index (χ0v) is 11.8. The highest BCUT2D eigenvalue weighted by atomic mass is 16.5. The second-order valence-electron chi connectivity index (χ2n) is 5.04. The molecule has 2 rings (SSSR count). The lowest BCUT2D eigenvalue weighted by Gasteiger charge is -2.35. The van der Waals surface area contributed by atoms with Crippen molar-refractivity contribution in [1.82, 2.24) is 9.88 Å². The molecule has 19 heavy (non-hydrogen) atoms. The predicted octanol–water partition coefficient (Wildman–Crippen LogP) is 1.40. The molecule has 0 radical (unpaired) electrons. The van der Waals surface area contributed by atoms with Gasteiger partial charge in [0, 0.05) is 19.3 Å². The number of piperidine rings is 1. The Balaban J connectivity index is 2.10. The van der Waals surface area contributed by atoms with Gasteiger partial charge >= 0.3 is 5.97 Å². The van der Waals surface area contributed by atoms with E-state index in [4.69, 9.17) is 4.74 Å². The van der Waals surface area contributed by atoms with Crippen molar-refractivity contribution in [3.63, 3.8) is 0 Å². The minimum absolute atomic E-state index is 0.319. The van der Waals surface area contributed by atoms with Crippen LogP contribution in [-0.4, -0.2) is 56.2 Å². The topological polar surface area (TPSA) is 45.7 Å². The lowest BCUT2D eigenvalue weighted by molar-refractivity contribution is 0.0600. The predicted molar refractivity (Wildman–Crippen MR) is 74.5 cm³/mol. The summed E-state index contributed by atoms with van der Waals surface area (Å²) in [7, 11) is 5.58. The summed E-state index contributed by atoms with van der Waals surface area (Å²) < 4.78 is 4.74. The Morgan fingerprint density at radius 1 is 1.47 bits per heavy atom. The molecule has 2 heterocycles. The fourth-order valence-electron chi connectivity index (χ4n) is 2.43. The van der Waals surface area contributed by atoms with E-state index in [1.807, 2.05) is 7.05 Å².